The zero-order valence-corrected chi connectivity index (χ0v) is 18.5. The van der Waals surface area contributed by atoms with Gasteiger partial charge in [0.1, 0.15) is 5.82 Å². The first-order valence-electron chi connectivity index (χ1n) is 11.2. The van der Waals surface area contributed by atoms with E-state index >= 15 is 0 Å². The molecule has 0 bridgehead atoms. The number of para-hydroxylation sites is 1. The lowest BCUT2D eigenvalue weighted by atomic mass is 9.85. The second-order valence-electron chi connectivity index (χ2n) is 8.83. The Bertz CT molecular complexity index is 1320. The van der Waals surface area contributed by atoms with E-state index in [9.17, 15) is 9.18 Å². The van der Waals surface area contributed by atoms with Gasteiger partial charge in [-0.15, -0.1) is 0 Å². The molecule has 32 heavy (non-hydrogen) atoms. The van der Waals surface area contributed by atoms with Crippen molar-refractivity contribution in [3.05, 3.63) is 100 Å². The molecule has 1 aliphatic carbocycles. The molecule has 3 nitrogen and oxygen atoms in total. The van der Waals surface area contributed by atoms with Crippen molar-refractivity contribution in [2.24, 2.45) is 5.92 Å². The highest BCUT2D eigenvalue weighted by Crippen LogP contribution is 2.35. The number of nitrogens with zero attached hydrogens (tertiary/aromatic N) is 1. The summed E-state index contributed by atoms with van der Waals surface area (Å²) in [6, 6.07) is 21.2. The van der Waals surface area contributed by atoms with E-state index in [4.69, 9.17) is 0 Å². The van der Waals surface area contributed by atoms with Crippen LogP contribution in [0.3, 0.4) is 0 Å². The molecule has 5 rings (SSSR count). The molecule has 4 aromatic rings. The molecule has 1 heterocycles. The molecule has 0 saturated carbocycles. The molecule has 1 N–H and O–H groups in total. The Morgan fingerprint density at radius 2 is 1.88 bits per heavy atom. The largest absolute Gasteiger partial charge is 0.340 e. The lowest BCUT2D eigenvalue weighted by Crippen LogP contribution is -2.29. The van der Waals surface area contributed by atoms with E-state index in [1.165, 1.54) is 28.3 Å². The molecule has 1 aromatic heterocycles. The van der Waals surface area contributed by atoms with Gasteiger partial charge in [-0.3, -0.25) is 4.79 Å². The standard InChI is InChI=1S/C28H27FN2O/c1-18-7-5-11-25(19(18)2)30-28(32)21-13-14-27-24(16-21)23-10-3-4-12-26(23)31(27)17-20-8-6-9-22(29)15-20/h3-12,15,21H,13-14,16-17H2,1-2H3,(H,30,32). The van der Waals surface area contributed by atoms with E-state index in [1.54, 1.807) is 12.1 Å². The van der Waals surface area contributed by atoms with E-state index in [0.29, 0.717) is 6.54 Å². The third-order valence-electron chi connectivity index (χ3n) is 6.84. The summed E-state index contributed by atoms with van der Waals surface area (Å²) in [4.78, 5) is 13.2. The lowest BCUT2D eigenvalue weighted by Gasteiger charge is -2.24. The molecule has 4 heteroatoms. The van der Waals surface area contributed by atoms with Gasteiger partial charge in [0, 0.05) is 34.7 Å². The number of nitrogens with one attached hydrogen (secondary N) is 1. The van der Waals surface area contributed by atoms with Gasteiger partial charge in [0.25, 0.3) is 0 Å². The number of carbonyl (C=O) groups is 1. The summed E-state index contributed by atoms with van der Waals surface area (Å²) in [6.07, 6.45) is 2.37. The van der Waals surface area contributed by atoms with Gasteiger partial charge in [-0.1, -0.05) is 42.5 Å². The normalized spacial score (nSPS) is 15.5. The maximum atomic E-state index is 13.8. The first-order chi connectivity index (χ1) is 15.5. The van der Waals surface area contributed by atoms with Gasteiger partial charge < -0.3 is 9.88 Å². The Hall–Kier alpha value is -3.40. The van der Waals surface area contributed by atoms with Gasteiger partial charge in [0.2, 0.25) is 5.91 Å². The van der Waals surface area contributed by atoms with E-state index < -0.39 is 0 Å². The van der Waals surface area contributed by atoms with Crippen molar-refractivity contribution in [3.63, 3.8) is 0 Å². The molecule has 1 aliphatic rings. The predicted molar refractivity (Wildman–Crippen MR) is 128 cm³/mol. The highest BCUT2D eigenvalue weighted by Gasteiger charge is 2.29. The molecule has 1 unspecified atom stereocenters. The van der Waals surface area contributed by atoms with Crippen molar-refractivity contribution in [2.45, 2.75) is 39.7 Å². The second-order valence-corrected chi connectivity index (χ2v) is 8.83. The van der Waals surface area contributed by atoms with Crippen molar-refractivity contribution in [3.8, 4) is 0 Å². The molecule has 162 valence electrons. The van der Waals surface area contributed by atoms with Gasteiger partial charge >= 0.3 is 0 Å². The summed E-state index contributed by atoms with van der Waals surface area (Å²) in [5, 5.41) is 4.36. The van der Waals surface area contributed by atoms with Crippen LogP contribution in [0.2, 0.25) is 0 Å². The van der Waals surface area contributed by atoms with Crippen LogP contribution in [-0.2, 0) is 24.2 Å². The lowest BCUT2D eigenvalue weighted by molar-refractivity contribution is -0.120. The molecule has 0 fully saturated rings. The Morgan fingerprint density at radius 1 is 1.06 bits per heavy atom. The number of hydrogen-bond donors (Lipinski definition) is 1. The quantitative estimate of drug-likeness (QED) is 0.415. The highest BCUT2D eigenvalue weighted by molar-refractivity contribution is 5.95. The number of halogens is 1. The number of carbonyl (C=O) groups excluding carboxylic acids is 1. The number of fused-ring (bicyclic) bond motifs is 3. The van der Waals surface area contributed by atoms with Crippen LogP contribution >= 0.6 is 0 Å². The Labute approximate surface area is 187 Å². The zero-order chi connectivity index (χ0) is 22.2. The van der Waals surface area contributed by atoms with Crippen molar-refractivity contribution < 1.29 is 9.18 Å². The third kappa shape index (κ3) is 3.70. The fourth-order valence-corrected chi connectivity index (χ4v) is 4.94. The molecule has 0 spiro atoms. The fraction of sp³-hybridized carbons (Fsp3) is 0.250. The molecule has 0 radical (unpaired) electrons. The molecule has 3 aromatic carbocycles. The number of rotatable bonds is 4. The molecule has 1 atom stereocenters. The van der Waals surface area contributed by atoms with Gasteiger partial charge in [-0.2, -0.15) is 0 Å². The molecule has 1 amide bonds. The van der Waals surface area contributed by atoms with Crippen molar-refractivity contribution >= 4 is 22.5 Å². The van der Waals surface area contributed by atoms with Crippen molar-refractivity contribution in [2.75, 3.05) is 5.32 Å². The van der Waals surface area contributed by atoms with Crippen LogP contribution in [0.15, 0.2) is 66.7 Å². The highest BCUT2D eigenvalue weighted by atomic mass is 19.1. The van der Waals surface area contributed by atoms with Crippen molar-refractivity contribution in [1.29, 1.82) is 0 Å². The van der Waals surface area contributed by atoms with Crippen LogP contribution in [0.5, 0.6) is 0 Å². The predicted octanol–water partition coefficient (Wildman–Crippen LogP) is 6.19. The van der Waals surface area contributed by atoms with Crippen LogP contribution in [-0.4, -0.2) is 10.5 Å². The van der Waals surface area contributed by atoms with Gasteiger partial charge in [-0.05, 0) is 79.6 Å². The van der Waals surface area contributed by atoms with Crippen LogP contribution in [0, 0.1) is 25.6 Å². The molecule has 0 saturated heterocycles. The third-order valence-corrected chi connectivity index (χ3v) is 6.84. The monoisotopic (exact) mass is 426 g/mol. The minimum atomic E-state index is -0.212. The van der Waals surface area contributed by atoms with E-state index in [2.05, 4.69) is 41.1 Å². The molecular weight excluding hydrogens is 399 g/mol. The number of hydrogen-bond acceptors (Lipinski definition) is 1. The van der Waals surface area contributed by atoms with Crippen LogP contribution in [0.4, 0.5) is 10.1 Å². The van der Waals surface area contributed by atoms with E-state index in [-0.39, 0.29) is 17.6 Å². The number of aromatic nitrogens is 1. The summed E-state index contributed by atoms with van der Waals surface area (Å²) in [6.45, 7) is 4.74. The zero-order valence-electron chi connectivity index (χ0n) is 18.5. The van der Waals surface area contributed by atoms with Crippen LogP contribution in [0.25, 0.3) is 10.9 Å². The maximum Gasteiger partial charge on any atom is 0.227 e. The minimum absolute atomic E-state index is 0.0594. The van der Waals surface area contributed by atoms with Crippen LogP contribution in [0.1, 0.15) is 34.4 Å². The summed E-state index contributed by atoms with van der Waals surface area (Å²) in [5.41, 5.74) is 7.81. The van der Waals surface area contributed by atoms with Crippen molar-refractivity contribution in [1.82, 2.24) is 4.57 Å². The average Bonchev–Trinajstić information content (AvgIpc) is 3.10. The smallest absolute Gasteiger partial charge is 0.227 e. The van der Waals surface area contributed by atoms with Gasteiger partial charge in [0.05, 0.1) is 0 Å². The number of benzene rings is 3. The average molecular weight is 427 g/mol. The summed E-state index contributed by atoms with van der Waals surface area (Å²) < 4.78 is 16.1. The molecule has 0 aliphatic heterocycles. The van der Waals surface area contributed by atoms with E-state index in [1.807, 2.05) is 31.2 Å². The van der Waals surface area contributed by atoms with Gasteiger partial charge in [0.15, 0.2) is 0 Å². The fourth-order valence-electron chi connectivity index (χ4n) is 4.94. The minimum Gasteiger partial charge on any atom is -0.340 e. The number of aryl methyl sites for hydroxylation is 1. The number of amides is 1. The summed E-state index contributed by atoms with van der Waals surface area (Å²) in [7, 11) is 0. The van der Waals surface area contributed by atoms with Gasteiger partial charge in [-0.25, -0.2) is 4.39 Å². The Morgan fingerprint density at radius 3 is 2.72 bits per heavy atom. The number of anilines is 1. The SMILES string of the molecule is Cc1cccc(NC(=O)C2CCc3c(c4ccccc4n3Cc3cccc(F)c3)C2)c1C. The van der Waals surface area contributed by atoms with E-state index in [0.717, 1.165) is 41.6 Å². The Balaban J connectivity index is 1.45. The Kier molecular flexibility index (Phi) is 5.30. The first kappa shape index (κ1) is 20.5. The molecular formula is C28H27FN2O. The van der Waals surface area contributed by atoms with Crippen LogP contribution < -0.4 is 5.32 Å². The first-order valence-corrected chi connectivity index (χ1v) is 11.2. The maximum absolute atomic E-state index is 13.8. The summed E-state index contributed by atoms with van der Waals surface area (Å²) >= 11 is 0. The summed E-state index contributed by atoms with van der Waals surface area (Å²) in [5.74, 6) is -0.182. The topological polar surface area (TPSA) is 34.0 Å². The second kappa shape index (κ2) is 8.27.